The van der Waals surface area contributed by atoms with Crippen molar-refractivity contribution in [3.8, 4) is 11.1 Å². The average molecular weight is 338 g/mol. The minimum absolute atomic E-state index is 0.996. The summed E-state index contributed by atoms with van der Waals surface area (Å²) in [6.45, 7) is 6.32. The Bertz CT molecular complexity index is 817. The molecule has 124 valence electrons. The number of hydrogen-bond acceptors (Lipinski definition) is 5. The normalized spacial score (nSPS) is 15.6. The van der Waals surface area contributed by atoms with E-state index >= 15 is 0 Å². The Kier molecular flexibility index (Phi) is 4.45. The Labute approximate surface area is 146 Å². The first kappa shape index (κ1) is 15.5. The third kappa shape index (κ3) is 2.89. The molecule has 0 amide bonds. The minimum Gasteiger partial charge on any atom is -0.355 e. The maximum absolute atomic E-state index is 4.66. The second-order valence-corrected chi connectivity index (χ2v) is 7.03. The van der Waals surface area contributed by atoms with Crippen LogP contribution in [0.2, 0.25) is 0 Å². The van der Waals surface area contributed by atoms with Crippen LogP contribution in [0.15, 0.2) is 36.0 Å². The largest absolute Gasteiger partial charge is 0.355 e. The zero-order valence-electron chi connectivity index (χ0n) is 14.0. The predicted octanol–water partition coefficient (Wildman–Crippen LogP) is 3.72. The van der Waals surface area contributed by atoms with Crippen molar-refractivity contribution in [2.45, 2.75) is 19.8 Å². The molecule has 1 N–H and O–H groups in total. The molecule has 0 radical (unpaired) electrons. The summed E-state index contributed by atoms with van der Waals surface area (Å²) in [5.41, 5.74) is 3.88. The number of benzene rings is 1. The first-order valence-electron chi connectivity index (χ1n) is 8.64. The number of nitrogens with one attached hydrogen (secondary N) is 1. The van der Waals surface area contributed by atoms with Gasteiger partial charge in [0.25, 0.3) is 0 Å². The van der Waals surface area contributed by atoms with E-state index in [1.54, 1.807) is 17.7 Å². The van der Waals surface area contributed by atoms with Crippen LogP contribution >= 0.6 is 11.3 Å². The number of nitrogens with zero attached hydrogens (tertiary/aromatic N) is 3. The van der Waals surface area contributed by atoms with Crippen molar-refractivity contribution in [3.05, 3.63) is 41.5 Å². The summed E-state index contributed by atoms with van der Waals surface area (Å²) in [4.78, 5) is 12.6. The average Bonchev–Trinajstić information content (AvgIpc) is 2.88. The fourth-order valence-corrected chi connectivity index (χ4v) is 4.20. The second kappa shape index (κ2) is 6.87. The van der Waals surface area contributed by atoms with Gasteiger partial charge in [0.2, 0.25) is 0 Å². The number of rotatable bonds is 3. The van der Waals surface area contributed by atoms with Gasteiger partial charge in [0, 0.05) is 30.6 Å². The van der Waals surface area contributed by atoms with E-state index in [-0.39, 0.29) is 0 Å². The molecule has 0 atom stereocenters. The van der Waals surface area contributed by atoms with Crippen LogP contribution in [0.5, 0.6) is 0 Å². The quantitative estimate of drug-likeness (QED) is 0.790. The lowest BCUT2D eigenvalue weighted by molar-refractivity contribution is 0.724. The molecule has 3 aromatic rings. The smallest absolute Gasteiger partial charge is 0.141 e. The molecule has 0 bridgehead atoms. The molecule has 0 aliphatic carbocycles. The van der Waals surface area contributed by atoms with E-state index in [0.717, 1.165) is 49.7 Å². The van der Waals surface area contributed by atoms with Crippen LogP contribution in [-0.4, -0.2) is 36.1 Å². The number of fused-ring (bicyclic) bond motifs is 1. The lowest BCUT2D eigenvalue weighted by Gasteiger charge is -2.22. The molecule has 0 unspecified atom stereocenters. The SMILES string of the molecule is CCc1ccc(-c2csc3ncnc(N4CCCNCC4)c23)cc1. The molecule has 0 saturated carbocycles. The van der Waals surface area contributed by atoms with E-state index in [1.165, 1.54) is 22.1 Å². The molecule has 24 heavy (non-hydrogen) atoms. The third-order valence-corrected chi connectivity index (χ3v) is 5.55. The summed E-state index contributed by atoms with van der Waals surface area (Å²) < 4.78 is 0. The van der Waals surface area contributed by atoms with Gasteiger partial charge in [-0.05, 0) is 30.5 Å². The number of anilines is 1. The van der Waals surface area contributed by atoms with E-state index in [1.807, 2.05) is 0 Å². The summed E-state index contributed by atoms with van der Waals surface area (Å²) in [5, 5.41) is 6.89. The van der Waals surface area contributed by atoms with Gasteiger partial charge in [0.1, 0.15) is 17.0 Å². The standard InChI is InChI=1S/C19H22N4S/c1-2-14-4-6-15(7-5-14)16-12-24-19-17(16)18(21-13-22-19)23-10-3-8-20-9-11-23/h4-7,12-13,20H,2-3,8-11H2,1H3. The van der Waals surface area contributed by atoms with Crippen LogP contribution in [0.3, 0.4) is 0 Å². The van der Waals surface area contributed by atoms with Gasteiger partial charge in [-0.25, -0.2) is 9.97 Å². The first-order chi connectivity index (χ1) is 11.9. The van der Waals surface area contributed by atoms with E-state index in [0.29, 0.717) is 0 Å². The topological polar surface area (TPSA) is 41.1 Å². The molecule has 1 aliphatic rings. The molecule has 4 rings (SSSR count). The summed E-state index contributed by atoms with van der Waals surface area (Å²) in [6.07, 6.45) is 3.92. The highest BCUT2D eigenvalue weighted by molar-refractivity contribution is 7.17. The fraction of sp³-hybridized carbons (Fsp3) is 0.368. The molecule has 1 aliphatic heterocycles. The molecular formula is C19H22N4S. The molecule has 3 heterocycles. The van der Waals surface area contributed by atoms with Gasteiger partial charge in [0.15, 0.2) is 0 Å². The molecule has 1 aromatic carbocycles. The number of aryl methyl sites for hydroxylation is 1. The van der Waals surface area contributed by atoms with Crippen molar-refractivity contribution in [3.63, 3.8) is 0 Å². The highest BCUT2D eigenvalue weighted by Crippen LogP contribution is 2.38. The number of hydrogen-bond donors (Lipinski definition) is 1. The molecular weight excluding hydrogens is 316 g/mol. The summed E-state index contributed by atoms with van der Waals surface area (Å²) in [6, 6.07) is 8.89. The van der Waals surface area contributed by atoms with Crippen LogP contribution in [0.1, 0.15) is 18.9 Å². The summed E-state index contributed by atoms with van der Waals surface area (Å²) >= 11 is 1.71. The Morgan fingerprint density at radius 2 is 2.00 bits per heavy atom. The Morgan fingerprint density at radius 3 is 2.83 bits per heavy atom. The van der Waals surface area contributed by atoms with Crippen molar-refractivity contribution < 1.29 is 0 Å². The van der Waals surface area contributed by atoms with E-state index in [4.69, 9.17) is 0 Å². The van der Waals surface area contributed by atoms with Gasteiger partial charge in [-0.1, -0.05) is 31.2 Å². The monoisotopic (exact) mass is 338 g/mol. The molecule has 4 nitrogen and oxygen atoms in total. The minimum atomic E-state index is 0.996. The molecule has 0 spiro atoms. The maximum Gasteiger partial charge on any atom is 0.141 e. The van der Waals surface area contributed by atoms with Crippen LogP contribution < -0.4 is 10.2 Å². The van der Waals surface area contributed by atoms with Gasteiger partial charge >= 0.3 is 0 Å². The third-order valence-electron chi connectivity index (χ3n) is 4.66. The lowest BCUT2D eigenvalue weighted by Crippen LogP contribution is -2.28. The lowest BCUT2D eigenvalue weighted by atomic mass is 10.0. The Balaban J connectivity index is 1.81. The summed E-state index contributed by atoms with van der Waals surface area (Å²) in [5.74, 6) is 1.08. The van der Waals surface area contributed by atoms with Gasteiger partial charge < -0.3 is 10.2 Å². The van der Waals surface area contributed by atoms with Crippen molar-refractivity contribution in [2.24, 2.45) is 0 Å². The zero-order chi connectivity index (χ0) is 16.4. The van der Waals surface area contributed by atoms with Gasteiger partial charge in [-0.3, -0.25) is 0 Å². The zero-order valence-corrected chi connectivity index (χ0v) is 14.8. The van der Waals surface area contributed by atoms with E-state index in [2.05, 4.69) is 56.8 Å². The van der Waals surface area contributed by atoms with Crippen LogP contribution in [0.4, 0.5) is 5.82 Å². The molecule has 1 fully saturated rings. The number of aromatic nitrogens is 2. The molecule has 2 aromatic heterocycles. The molecule has 1 saturated heterocycles. The van der Waals surface area contributed by atoms with Gasteiger partial charge in [-0.2, -0.15) is 0 Å². The highest BCUT2D eigenvalue weighted by atomic mass is 32.1. The second-order valence-electron chi connectivity index (χ2n) is 6.17. The van der Waals surface area contributed by atoms with Crippen LogP contribution in [0.25, 0.3) is 21.3 Å². The van der Waals surface area contributed by atoms with E-state index < -0.39 is 0 Å². The first-order valence-corrected chi connectivity index (χ1v) is 9.52. The highest BCUT2D eigenvalue weighted by Gasteiger charge is 2.18. The number of thiophene rings is 1. The predicted molar refractivity (Wildman–Crippen MR) is 102 cm³/mol. The van der Waals surface area contributed by atoms with Crippen molar-refractivity contribution >= 4 is 27.4 Å². The van der Waals surface area contributed by atoms with Crippen LogP contribution in [0, 0.1) is 0 Å². The van der Waals surface area contributed by atoms with Gasteiger partial charge in [0.05, 0.1) is 5.39 Å². The maximum atomic E-state index is 4.66. The van der Waals surface area contributed by atoms with Crippen LogP contribution in [-0.2, 0) is 6.42 Å². The van der Waals surface area contributed by atoms with Gasteiger partial charge in [-0.15, -0.1) is 11.3 Å². The van der Waals surface area contributed by atoms with E-state index in [9.17, 15) is 0 Å². The molecule has 5 heteroatoms. The van der Waals surface area contributed by atoms with Crippen molar-refractivity contribution in [1.82, 2.24) is 15.3 Å². The Hall–Kier alpha value is -1.98. The van der Waals surface area contributed by atoms with Crippen molar-refractivity contribution in [1.29, 1.82) is 0 Å². The summed E-state index contributed by atoms with van der Waals surface area (Å²) in [7, 11) is 0. The van der Waals surface area contributed by atoms with Crippen molar-refractivity contribution in [2.75, 3.05) is 31.1 Å². The Morgan fingerprint density at radius 1 is 1.12 bits per heavy atom. The fourth-order valence-electron chi connectivity index (χ4n) is 3.29.